The van der Waals surface area contributed by atoms with Gasteiger partial charge in [-0.2, -0.15) is 4.73 Å². The predicted octanol–water partition coefficient (Wildman–Crippen LogP) is 1.39. The first kappa shape index (κ1) is 15.5. The Kier molecular flexibility index (Phi) is 3.57. The Balaban J connectivity index is 1.75. The van der Waals surface area contributed by atoms with E-state index in [-0.39, 0.29) is 5.92 Å². The van der Waals surface area contributed by atoms with E-state index in [9.17, 15) is 13.6 Å². The normalized spacial score (nSPS) is 19.0. The number of piperidine rings is 1. The largest absolute Gasteiger partial charge is 0.557 e. The highest BCUT2D eigenvalue weighted by Gasteiger charge is 2.29. The van der Waals surface area contributed by atoms with Gasteiger partial charge in [0.25, 0.3) is 0 Å². The molecule has 1 saturated heterocycles. The third-order valence-electron chi connectivity index (χ3n) is 4.73. The highest BCUT2D eigenvalue weighted by Crippen LogP contribution is 2.39. The SMILES string of the molecule is CS(=O)(=O)N1CCC(c2cn(O)c3ncc4c(c23)C=C[B]O4)CC1. The second kappa shape index (κ2) is 5.53. The van der Waals surface area contributed by atoms with Crippen LogP contribution in [0, 0.1) is 0 Å². The minimum atomic E-state index is -3.15. The molecule has 2 aromatic rings. The van der Waals surface area contributed by atoms with E-state index in [1.807, 2.05) is 12.1 Å². The lowest BCUT2D eigenvalue weighted by molar-refractivity contribution is 0.197. The fraction of sp³-hybridized carbons (Fsp3) is 0.400. The molecule has 0 spiro atoms. The zero-order chi connectivity index (χ0) is 16.9. The van der Waals surface area contributed by atoms with Crippen LogP contribution in [0.15, 0.2) is 18.4 Å². The van der Waals surface area contributed by atoms with Crippen molar-refractivity contribution in [2.45, 2.75) is 18.8 Å². The summed E-state index contributed by atoms with van der Waals surface area (Å²) < 4.78 is 31.4. The molecular weight excluding hydrogens is 329 g/mol. The van der Waals surface area contributed by atoms with Crippen LogP contribution in [0.3, 0.4) is 0 Å². The molecule has 7 nitrogen and oxygen atoms in total. The Morgan fingerprint density at radius 3 is 2.83 bits per heavy atom. The van der Waals surface area contributed by atoms with Gasteiger partial charge in [-0.1, -0.05) is 12.1 Å². The minimum Gasteiger partial charge on any atom is -0.557 e. The molecule has 125 valence electrons. The lowest BCUT2D eigenvalue weighted by atomic mass is 9.87. The molecule has 24 heavy (non-hydrogen) atoms. The van der Waals surface area contributed by atoms with Gasteiger partial charge in [0.15, 0.2) is 5.65 Å². The van der Waals surface area contributed by atoms with Crippen LogP contribution in [0.4, 0.5) is 0 Å². The van der Waals surface area contributed by atoms with Gasteiger partial charge in [0, 0.05) is 30.2 Å². The summed E-state index contributed by atoms with van der Waals surface area (Å²) in [5.41, 5.74) is 2.38. The number of nitrogens with zero attached hydrogens (tertiary/aromatic N) is 3. The second-order valence-electron chi connectivity index (χ2n) is 6.21. The van der Waals surface area contributed by atoms with Crippen molar-refractivity contribution in [3.05, 3.63) is 29.5 Å². The molecule has 1 fully saturated rings. The third-order valence-corrected chi connectivity index (χ3v) is 6.03. The van der Waals surface area contributed by atoms with Gasteiger partial charge in [0.1, 0.15) is 5.75 Å². The molecule has 0 unspecified atom stereocenters. The quantitative estimate of drug-likeness (QED) is 0.656. The molecule has 4 rings (SSSR count). The third kappa shape index (κ3) is 2.48. The van der Waals surface area contributed by atoms with Crippen LogP contribution in [0.1, 0.15) is 29.9 Å². The highest BCUT2D eigenvalue weighted by atomic mass is 32.2. The monoisotopic (exact) mass is 346 g/mol. The predicted molar refractivity (Wildman–Crippen MR) is 90.7 cm³/mol. The van der Waals surface area contributed by atoms with Gasteiger partial charge in [-0.05, 0) is 24.3 Å². The first-order valence-corrected chi connectivity index (χ1v) is 9.65. The van der Waals surface area contributed by atoms with Gasteiger partial charge in [0.2, 0.25) is 10.0 Å². The van der Waals surface area contributed by atoms with Crippen LogP contribution >= 0.6 is 0 Å². The van der Waals surface area contributed by atoms with Crippen molar-refractivity contribution >= 4 is 34.6 Å². The Morgan fingerprint density at radius 1 is 1.38 bits per heavy atom. The number of pyridine rings is 1. The Bertz CT molecular complexity index is 930. The molecule has 2 aliphatic heterocycles. The van der Waals surface area contributed by atoms with Crippen molar-refractivity contribution in [1.82, 2.24) is 14.0 Å². The van der Waals surface area contributed by atoms with E-state index < -0.39 is 10.0 Å². The van der Waals surface area contributed by atoms with E-state index in [2.05, 4.69) is 4.98 Å². The van der Waals surface area contributed by atoms with Crippen LogP contribution in [-0.4, -0.2) is 54.5 Å². The topological polar surface area (TPSA) is 84.7 Å². The smallest absolute Gasteiger partial charge is 0.401 e. The van der Waals surface area contributed by atoms with Crippen molar-refractivity contribution in [2.24, 2.45) is 0 Å². The molecule has 0 aromatic carbocycles. The van der Waals surface area contributed by atoms with Crippen LogP contribution in [-0.2, 0) is 10.0 Å². The lowest BCUT2D eigenvalue weighted by Gasteiger charge is -2.30. The number of hydrogen-bond donors (Lipinski definition) is 1. The molecule has 0 atom stereocenters. The van der Waals surface area contributed by atoms with Gasteiger partial charge >= 0.3 is 7.48 Å². The molecule has 1 radical (unpaired) electrons. The van der Waals surface area contributed by atoms with Gasteiger partial charge in [-0.15, -0.1) is 0 Å². The highest BCUT2D eigenvalue weighted by molar-refractivity contribution is 7.88. The fourth-order valence-electron chi connectivity index (χ4n) is 3.53. The summed E-state index contributed by atoms with van der Waals surface area (Å²) >= 11 is 0. The van der Waals surface area contributed by atoms with Crippen molar-refractivity contribution in [2.75, 3.05) is 19.3 Å². The van der Waals surface area contributed by atoms with Crippen molar-refractivity contribution < 1.29 is 18.3 Å². The molecule has 0 amide bonds. The van der Waals surface area contributed by atoms with E-state index in [1.165, 1.54) is 10.6 Å². The Hall–Kier alpha value is -2.00. The average Bonchev–Trinajstić information content (AvgIpc) is 2.92. The van der Waals surface area contributed by atoms with Gasteiger partial charge in [-0.3, -0.25) is 0 Å². The minimum absolute atomic E-state index is 0.173. The standard InChI is InChI=1S/C15H17BN3O4S/c1-24(21,22)18-6-3-10(4-7-18)12-9-19(20)15-14(12)11-2-5-16-23-13(11)8-17-15/h2,5,8-10,20H,3-4,6-7H2,1H3. The van der Waals surface area contributed by atoms with Crippen molar-refractivity contribution in [3.8, 4) is 5.75 Å². The number of hydrogen-bond acceptors (Lipinski definition) is 5. The van der Waals surface area contributed by atoms with E-state index in [4.69, 9.17) is 4.65 Å². The van der Waals surface area contributed by atoms with Gasteiger partial charge < -0.3 is 9.86 Å². The van der Waals surface area contributed by atoms with Gasteiger partial charge in [-0.25, -0.2) is 17.7 Å². The maximum atomic E-state index is 11.7. The summed E-state index contributed by atoms with van der Waals surface area (Å²) in [7, 11) is -1.56. The van der Waals surface area contributed by atoms with E-state index >= 15 is 0 Å². The summed E-state index contributed by atoms with van der Waals surface area (Å²) in [6.07, 6.45) is 7.90. The first-order chi connectivity index (χ1) is 11.4. The maximum absolute atomic E-state index is 11.7. The zero-order valence-electron chi connectivity index (χ0n) is 13.2. The molecule has 2 aromatic heterocycles. The van der Waals surface area contributed by atoms with Gasteiger partial charge in [0.05, 0.1) is 12.5 Å². The van der Waals surface area contributed by atoms with Crippen molar-refractivity contribution in [3.63, 3.8) is 0 Å². The summed E-state index contributed by atoms with van der Waals surface area (Å²) in [6, 6.07) is 0. The van der Waals surface area contributed by atoms with Crippen LogP contribution in [0.5, 0.6) is 5.75 Å². The fourth-order valence-corrected chi connectivity index (χ4v) is 4.40. The van der Waals surface area contributed by atoms with Crippen LogP contribution in [0.25, 0.3) is 17.1 Å². The molecule has 0 saturated carbocycles. The van der Waals surface area contributed by atoms with Crippen molar-refractivity contribution in [1.29, 1.82) is 0 Å². The molecular formula is C15H17BN3O4S. The van der Waals surface area contributed by atoms with E-state index in [1.54, 1.807) is 19.9 Å². The van der Waals surface area contributed by atoms with Crippen LogP contribution in [0.2, 0.25) is 0 Å². The molecule has 0 bridgehead atoms. The summed E-state index contributed by atoms with van der Waals surface area (Å²) in [5.74, 6) is 2.64. The molecule has 2 aliphatic rings. The molecule has 9 heteroatoms. The first-order valence-electron chi connectivity index (χ1n) is 7.80. The molecule has 1 N–H and O–H groups in total. The summed E-state index contributed by atoms with van der Waals surface area (Å²) in [4.78, 5) is 4.29. The second-order valence-corrected chi connectivity index (χ2v) is 8.20. The average molecular weight is 346 g/mol. The molecule has 4 heterocycles. The van der Waals surface area contributed by atoms with Crippen LogP contribution < -0.4 is 4.65 Å². The maximum Gasteiger partial charge on any atom is 0.401 e. The summed E-state index contributed by atoms with van der Waals surface area (Å²) in [5, 5.41) is 11.1. The Morgan fingerprint density at radius 2 is 2.12 bits per heavy atom. The molecule has 0 aliphatic carbocycles. The number of fused-ring (bicyclic) bond motifs is 3. The number of aromatic nitrogens is 2. The number of sulfonamides is 1. The zero-order valence-corrected chi connectivity index (χ0v) is 14.0. The lowest BCUT2D eigenvalue weighted by Crippen LogP contribution is -2.37. The van der Waals surface area contributed by atoms with E-state index in [0.29, 0.717) is 37.3 Å². The number of rotatable bonds is 2. The Labute approximate surface area is 140 Å². The van der Waals surface area contributed by atoms with E-state index in [0.717, 1.165) is 21.2 Å². The summed E-state index contributed by atoms with van der Waals surface area (Å²) in [6.45, 7) is 0.980.